The van der Waals surface area contributed by atoms with Crippen LogP contribution in [-0.2, 0) is 19.1 Å². The van der Waals surface area contributed by atoms with Gasteiger partial charge in [0.05, 0.1) is 12.7 Å². The molecule has 0 bridgehead atoms. The highest BCUT2D eigenvalue weighted by atomic mass is 16.5. The highest BCUT2D eigenvalue weighted by Gasteiger charge is 2.36. The fourth-order valence-corrected chi connectivity index (χ4v) is 3.13. The second-order valence-electron chi connectivity index (χ2n) is 6.48. The second-order valence-corrected chi connectivity index (χ2v) is 6.48. The predicted molar refractivity (Wildman–Crippen MR) is 80.5 cm³/mol. The van der Waals surface area contributed by atoms with Gasteiger partial charge in [0.15, 0.2) is 0 Å². The molecule has 4 atom stereocenters. The van der Waals surface area contributed by atoms with Crippen LogP contribution >= 0.6 is 0 Å². The minimum atomic E-state index is -0.928. The summed E-state index contributed by atoms with van der Waals surface area (Å²) in [6.45, 7) is 5.36. The molecule has 4 unspecified atom stereocenters. The number of rotatable bonds is 5. The first-order chi connectivity index (χ1) is 10.5. The molecule has 126 valence electrons. The average Bonchev–Trinajstić information content (AvgIpc) is 2.52. The van der Waals surface area contributed by atoms with E-state index in [0.717, 1.165) is 32.3 Å². The van der Waals surface area contributed by atoms with Gasteiger partial charge in [-0.25, -0.2) is 4.79 Å². The van der Waals surface area contributed by atoms with Crippen molar-refractivity contribution in [2.24, 2.45) is 5.92 Å². The van der Waals surface area contributed by atoms with Crippen molar-refractivity contribution in [3.05, 3.63) is 0 Å². The molecule has 1 N–H and O–H groups in total. The van der Waals surface area contributed by atoms with E-state index < -0.39 is 18.1 Å². The van der Waals surface area contributed by atoms with Crippen molar-refractivity contribution in [2.75, 3.05) is 19.8 Å². The van der Waals surface area contributed by atoms with Crippen LogP contribution in [0.4, 0.5) is 0 Å². The van der Waals surface area contributed by atoms with Gasteiger partial charge in [0, 0.05) is 13.2 Å². The molecule has 0 aromatic heterocycles. The molecular formula is C16H27NO5. The van der Waals surface area contributed by atoms with E-state index in [4.69, 9.17) is 9.47 Å². The lowest BCUT2D eigenvalue weighted by Crippen LogP contribution is -2.53. The van der Waals surface area contributed by atoms with Crippen molar-refractivity contribution in [2.45, 2.75) is 64.2 Å². The SMILES string of the molecule is CC1CCN(C(=O)C(C)OCC2CCCCO2)C(C(=O)O)C1. The zero-order valence-corrected chi connectivity index (χ0v) is 13.5. The average molecular weight is 313 g/mol. The van der Waals surface area contributed by atoms with Gasteiger partial charge < -0.3 is 19.5 Å². The van der Waals surface area contributed by atoms with Crippen molar-refractivity contribution in [3.8, 4) is 0 Å². The molecule has 2 rings (SSSR count). The summed E-state index contributed by atoms with van der Waals surface area (Å²) in [6, 6.07) is -0.728. The number of carboxylic acids is 1. The fraction of sp³-hybridized carbons (Fsp3) is 0.875. The van der Waals surface area contributed by atoms with E-state index in [1.54, 1.807) is 6.92 Å². The van der Waals surface area contributed by atoms with E-state index in [-0.39, 0.29) is 12.0 Å². The standard InChI is InChI=1S/C16H27NO5/c1-11-6-7-17(14(9-11)16(19)20)15(18)12(2)22-10-13-5-3-4-8-21-13/h11-14H,3-10H2,1-2H3,(H,19,20). The first-order valence-electron chi connectivity index (χ1n) is 8.25. The Labute approximate surface area is 131 Å². The molecule has 2 heterocycles. The predicted octanol–water partition coefficient (Wildman–Crippen LogP) is 1.67. The van der Waals surface area contributed by atoms with Crippen LogP contribution in [-0.4, -0.2) is 59.9 Å². The van der Waals surface area contributed by atoms with E-state index in [1.165, 1.54) is 4.90 Å². The third-order valence-corrected chi connectivity index (χ3v) is 4.59. The topological polar surface area (TPSA) is 76.1 Å². The number of aliphatic carboxylic acids is 1. The maximum absolute atomic E-state index is 12.5. The molecule has 0 aromatic rings. The summed E-state index contributed by atoms with van der Waals surface area (Å²) in [5, 5.41) is 9.34. The number of hydrogen-bond donors (Lipinski definition) is 1. The lowest BCUT2D eigenvalue weighted by Gasteiger charge is -2.37. The van der Waals surface area contributed by atoms with E-state index in [2.05, 4.69) is 0 Å². The molecule has 1 amide bonds. The quantitative estimate of drug-likeness (QED) is 0.835. The second kappa shape index (κ2) is 7.92. The molecule has 0 radical (unpaired) electrons. The van der Waals surface area contributed by atoms with Gasteiger partial charge in [-0.2, -0.15) is 0 Å². The number of piperidine rings is 1. The molecule has 6 heteroatoms. The number of carbonyl (C=O) groups excluding carboxylic acids is 1. The first-order valence-corrected chi connectivity index (χ1v) is 8.25. The van der Waals surface area contributed by atoms with E-state index >= 15 is 0 Å². The van der Waals surface area contributed by atoms with Gasteiger partial charge in [-0.1, -0.05) is 6.92 Å². The number of carboxylic acid groups (broad SMARTS) is 1. The van der Waals surface area contributed by atoms with E-state index in [9.17, 15) is 14.7 Å². The Morgan fingerprint density at radius 2 is 2.14 bits per heavy atom. The molecular weight excluding hydrogens is 286 g/mol. The van der Waals surface area contributed by atoms with Crippen molar-refractivity contribution in [1.82, 2.24) is 4.90 Å². The normalized spacial score (nSPS) is 30.8. The van der Waals surface area contributed by atoms with Crippen LogP contribution in [0.1, 0.15) is 46.0 Å². The first kappa shape index (κ1) is 17.2. The van der Waals surface area contributed by atoms with Gasteiger partial charge in [-0.05, 0) is 44.9 Å². The Morgan fingerprint density at radius 1 is 1.36 bits per heavy atom. The summed E-state index contributed by atoms with van der Waals surface area (Å²) in [7, 11) is 0. The van der Waals surface area contributed by atoms with Crippen LogP contribution in [0.5, 0.6) is 0 Å². The van der Waals surface area contributed by atoms with Crippen LogP contribution in [0, 0.1) is 5.92 Å². The zero-order chi connectivity index (χ0) is 16.1. The van der Waals surface area contributed by atoms with Gasteiger partial charge in [0.2, 0.25) is 0 Å². The maximum Gasteiger partial charge on any atom is 0.326 e. The van der Waals surface area contributed by atoms with Crippen molar-refractivity contribution in [3.63, 3.8) is 0 Å². The van der Waals surface area contributed by atoms with Crippen molar-refractivity contribution in [1.29, 1.82) is 0 Å². The fourth-order valence-electron chi connectivity index (χ4n) is 3.13. The van der Waals surface area contributed by atoms with Gasteiger partial charge in [0.25, 0.3) is 5.91 Å². The maximum atomic E-state index is 12.5. The minimum absolute atomic E-state index is 0.0562. The Bertz CT molecular complexity index is 394. The summed E-state index contributed by atoms with van der Waals surface area (Å²) < 4.78 is 11.2. The lowest BCUT2D eigenvalue weighted by atomic mass is 9.92. The monoisotopic (exact) mass is 313 g/mol. The largest absolute Gasteiger partial charge is 0.480 e. The van der Waals surface area contributed by atoms with Gasteiger partial charge in [-0.3, -0.25) is 4.79 Å². The molecule has 2 saturated heterocycles. The summed E-state index contributed by atoms with van der Waals surface area (Å²) in [4.78, 5) is 25.3. The highest BCUT2D eigenvalue weighted by Crippen LogP contribution is 2.24. The summed E-state index contributed by atoms with van der Waals surface area (Å²) in [6.07, 6.45) is 3.95. The summed E-state index contributed by atoms with van der Waals surface area (Å²) in [5.74, 6) is -0.824. The Morgan fingerprint density at radius 3 is 2.77 bits per heavy atom. The minimum Gasteiger partial charge on any atom is -0.480 e. The lowest BCUT2D eigenvalue weighted by molar-refractivity contribution is -0.160. The molecule has 22 heavy (non-hydrogen) atoms. The molecule has 0 saturated carbocycles. The van der Waals surface area contributed by atoms with Gasteiger partial charge in [-0.15, -0.1) is 0 Å². The molecule has 0 aromatic carbocycles. The third kappa shape index (κ3) is 4.43. The van der Waals surface area contributed by atoms with Crippen LogP contribution in [0.2, 0.25) is 0 Å². The number of carbonyl (C=O) groups is 2. The summed E-state index contributed by atoms with van der Waals surface area (Å²) in [5.41, 5.74) is 0. The Balaban J connectivity index is 1.86. The molecule has 0 spiro atoms. The van der Waals surface area contributed by atoms with Crippen LogP contribution in [0.3, 0.4) is 0 Å². The molecule has 2 fully saturated rings. The Kier molecular flexibility index (Phi) is 6.20. The van der Waals surface area contributed by atoms with E-state index in [0.29, 0.717) is 25.5 Å². The Hall–Kier alpha value is -1.14. The van der Waals surface area contributed by atoms with E-state index in [1.807, 2.05) is 6.92 Å². The van der Waals surface area contributed by atoms with Crippen molar-refractivity contribution >= 4 is 11.9 Å². The van der Waals surface area contributed by atoms with Gasteiger partial charge >= 0.3 is 5.97 Å². The number of ether oxygens (including phenoxy) is 2. The zero-order valence-electron chi connectivity index (χ0n) is 13.5. The highest BCUT2D eigenvalue weighted by molar-refractivity contribution is 5.86. The molecule has 2 aliphatic heterocycles. The third-order valence-electron chi connectivity index (χ3n) is 4.59. The van der Waals surface area contributed by atoms with Crippen LogP contribution in [0.25, 0.3) is 0 Å². The van der Waals surface area contributed by atoms with Crippen molar-refractivity contribution < 1.29 is 24.2 Å². The molecule has 2 aliphatic rings. The van der Waals surface area contributed by atoms with Gasteiger partial charge in [0.1, 0.15) is 12.1 Å². The number of nitrogens with zero attached hydrogens (tertiary/aromatic N) is 1. The smallest absolute Gasteiger partial charge is 0.326 e. The molecule has 0 aliphatic carbocycles. The summed E-state index contributed by atoms with van der Waals surface area (Å²) >= 11 is 0. The van der Waals surface area contributed by atoms with Crippen LogP contribution in [0.15, 0.2) is 0 Å². The number of likely N-dealkylation sites (tertiary alicyclic amines) is 1. The number of hydrogen-bond acceptors (Lipinski definition) is 4. The molecule has 6 nitrogen and oxygen atoms in total. The number of amides is 1. The van der Waals surface area contributed by atoms with Crippen LogP contribution < -0.4 is 0 Å².